The fourth-order valence-corrected chi connectivity index (χ4v) is 0.0505. The summed E-state index contributed by atoms with van der Waals surface area (Å²) in [7, 11) is 0. The second-order valence-corrected chi connectivity index (χ2v) is 0.799. The van der Waals surface area contributed by atoms with E-state index in [2.05, 4.69) is 0 Å². The van der Waals surface area contributed by atoms with Gasteiger partial charge in [0, 0.05) is 0 Å². The Hall–Kier alpha value is -0.218. The predicted molar refractivity (Wildman–Crippen MR) is 22.1 cm³/mol. The van der Waals surface area contributed by atoms with Crippen molar-refractivity contribution in [3.8, 4) is 0 Å². The number of rotatable bonds is 1. The van der Waals surface area contributed by atoms with E-state index in [0.29, 0.717) is 0 Å². The third-order valence-electron chi connectivity index (χ3n) is 0.322. The van der Waals surface area contributed by atoms with Crippen LogP contribution in [-0.4, -0.2) is 24.0 Å². The number of alkyl halides is 1. The largest absolute Gasteiger partial charge is 3.00 e. The normalized spacial score (nSPS) is 5.45. The second-order valence-electron chi connectivity index (χ2n) is 0.799. The Balaban J connectivity index is -0.0000000300. The van der Waals surface area contributed by atoms with Gasteiger partial charge in [0.05, 0.1) is 0 Å². The van der Waals surface area contributed by atoms with Crippen molar-refractivity contribution in [2.75, 3.05) is 6.67 Å². The van der Waals surface area contributed by atoms with Gasteiger partial charge in [0.1, 0.15) is 6.67 Å². The molecule has 0 amide bonds. The standard InChI is InChI=1S/C3H2F4.Al.3FH/c4-1-2(5)3(6)7;;;;/h1H2;;3*1H/q;+3;;;/p-3. The van der Waals surface area contributed by atoms with Crippen LogP contribution < -0.4 is 14.1 Å². The minimum Gasteiger partial charge on any atom is -1.00 e. The van der Waals surface area contributed by atoms with Crippen LogP contribution in [0.1, 0.15) is 0 Å². The average Bonchev–Trinajstić information content (AvgIpc) is 1.65. The molecular formula is C3H2AlF7. The van der Waals surface area contributed by atoms with E-state index in [-0.39, 0.29) is 31.5 Å². The van der Waals surface area contributed by atoms with Gasteiger partial charge in [-0.2, -0.15) is 8.78 Å². The summed E-state index contributed by atoms with van der Waals surface area (Å²) >= 11 is 0. The molecule has 0 nitrogen and oxygen atoms in total. The van der Waals surface area contributed by atoms with Crippen LogP contribution in [0.2, 0.25) is 0 Å². The van der Waals surface area contributed by atoms with E-state index in [1.807, 2.05) is 0 Å². The molecule has 0 rings (SSSR count). The van der Waals surface area contributed by atoms with Crippen molar-refractivity contribution in [2.24, 2.45) is 0 Å². The Morgan fingerprint density at radius 2 is 1.18 bits per heavy atom. The third-order valence-corrected chi connectivity index (χ3v) is 0.322. The predicted octanol–water partition coefficient (Wildman–Crippen LogP) is -7.34. The van der Waals surface area contributed by atoms with Crippen molar-refractivity contribution >= 4 is 17.4 Å². The molecule has 0 aliphatic carbocycles. The smallest absolute Gasteiger partial charge is 1.00 e. The topological polar surface area (TPSA) is 0 Å². The Bertz CT molecular complexity index is 87.7. The molecular weight excluding hydrogens is 196 g/mol. The zero-order chi connectivity index (χ0) is 5.86. The number of hydrogen-bond acceptors (Lipinski definition) is 0. The molecule has 0 fully saturated rings. The molecule has 11 heavy (non-hydrogen) atoms. The van der Waals surface area contributed by atoms with Gasteiger partial charge in [-0.1, -0.05) is 0 Å². The third kappa shape index (κ3) is 17.7. The summed E-state index contributed by atoms with van der Waals surface area (Å²) in [5, 5.41) is 0. The molecule has 0 atom stereocenters. The van der Waals surface area contributed by atoms with E-state index in [4.69, 9.17) is 0 Å². The fourth-order valence-electron chi connectivity index (χ4n) is 0.0505. The van der Waals surface area contributed by atoms with E-state index in [0.717, 1.165) is 0 Å². The molecule has 66 valence electrons. The van der Waals surface area contributed by atoms with Gasteiger partial charge >= 0.3 is 23.4 Å². The Labute approximate surface area is 68.5 Å². The van der Waals surface area contributed by atoms with E-state index in [1.165, 1.54) is 0 Å². The van der Waals surface area contributed by atoms with Gasteiger partial charge < -0.3 is 14.1 Å². The van der Waals surface area contributed by atoms with Crippen LogP contribution in [0.4, 0.5) is 17.6 Å². The van der Waals surface area contributed by atoms with Crippen molar-refractivity contribution in [2.45, 2.75) is 0 Å². The fraction of sp³-hybridized carbons (Fsp3) is 0.333. The molecule has 0 saturated carbocycles. The molecule has 0 aliphatic rings. The van der Waals surface area contributed by atoms with Crippen molar-refractivity contribution in [1.82, 2.24) is 0 Å². The van der Waals surface area contributed by atoms with Crippen LogP contribution in [-0.2, 0) is 0 Å². The van der Waals surface area contributed by atoms with Crippen LogP contribution in [0.5, 0.6) is 0 Å². The molecule has 0 bridgehead atoms. The van der Waals surface area contributed by atoms with Crippen LogP contribution in [0.15, 0.2) is 11.9 Å². The van der Waals surface area contributed by atoms with Crippen LogP contribution >= 0.6 is 0 Å². The zero-order valence-electron chi connectivity index (χ0n) is 4.93. The minimum atomic E-state index is -2.58. The summed E-state index contributed by atoms with van der Waals surface area (Å²) in [6.45, 7) is -1.72. The van der Waals surface area contributed by atoms with Gasteiger partial charge in [-0.05, 0) is 0 Å². The summed E-state index contributed by atoms with van der Waals surface area (Å²) in [5.41, 5.74) is 0. The van der Waals surface area contributed by atoms with Gasteiger partial charge in [-0.25, -0.2) is 8.78 Å². The van der Waals surface area contributed by atoms with Crippen molar-refractivity contribution in [1.29, 1.82) is 0 Å². The molecule has 0 unspecified atom stereocenters. The van der Waals surface area contributed by atoms with Gasteiger partial charge in [0.25, 0.3) is 0 Å². The number of hydrogen-bond donors (Lipinski definition) is 0. The molecule has 8 heteroatoms. The SMILES string of the molecule is FCC(F)=C(F)F.[Al+3].[F-].[F-].[F-]. The Morgan fingerprint density at radius 1 is 0.909 bits per heavy atom. The monoisotopic (exact) mass is 198 g/mol. The maximum atomic E-state index is 11.0. The van der Waals surface area contributed by atoms with E-state index < -0.39 is 18.6 Å². The molecule has 0 aromatic heterocycles. The summed E-state index contributed by atoms with van der Waals surface area (Å²) in [5.74, 6) is -1.99. The molecule has 0 aliphatic heterocycles. The molecule has 0 spiro atoms. The first-order valence-corrected chi connectivity index (χ1v) is 1.44. The maximum Gasteiger partial charge on any atom is 3.00 e. The number of halogens is 7. The summed E-state index contributed by atoms with van der Waals surface area (Å²) in [4.78, 5) is 0. The summed E-state index contributed by atoms with van der Waals surface area (Å²) in [6.07, 6.45) is -2.58. The molecule has 0 heterocycles. The minimum absolute atomic E-state index is 0. The van der Waals surface area contributed by atoms with Gasteiger partial charge in [0.2, 0.25) is 0 Å². The van der Waals surface area contributed by atoms with E-state index >= 15 is 0 Å². The Morgan fingerprint density at radius 3 is 1.18 bits per heavy atom. The number of allylic oxidation sites excluding steroid dienone is 1. The van der Waals surface area contributed by atoms with E-state index in [9.17, 15) is 17.6 Å². The first-order chi connectivity index (χ1) is 3.18. The summed E-state index contributed by atoms with van der Waals surface area (Å²) < 4.78 is 43.1. The Kier molecular flexibility index (Phi) is 46.0. The van der Waals surface area contributed by atoms with Crippen molar-refractivity contribution < 1.29 is 31.7 Å². The summed E-state index contributed by atoms with van der Waals surface area (Å²) in [6, 6.07) is 0. The zero-order valence-corrected chi connectivity index (χ0v) is 6.08. The first kappa shape index (κ1) is 30.9. The molecule has 0 radical (unpaired) electrons. The van der Waals surface area contributed by atoms with Crippen LogP contribution in [0.25, 0.3) is 0 Å². The molecule has 0 N–H and O–H groups in total. The molecule has 0 aromatic carbocycles. The van der Waals surface area contributed by atoms with E-state index in [1.54, 1.807) is 0 Å². The first-order valence-electron chi connectivity index (χ1n) is 1.44. The maximum absolute atomic E-state index is 11.0. The average molecular weight is 198 g/mol. The second kappa shape index (κ2) is 16.4. The molecule has 0 saturated heterocycles. The van der Waals surface area contributed by atoms with Crippen molar-refractivity contribution in [3.05, 3.63) is 11.9 Å². The van der Waals surface area contributed by atoms with Crippen LogP contribution in [0.3, 0.4) is 0 Å². The van der Waals surface area contributed by atoms with Gasteiger partial charge in [-0.3, -0.25) is 0 Å². The molecule has 0 aromatic rings. The van der Waals surface area contributed by atoms with Gasteiger partial charge in [0.15, 0.2) is 5.83 Å². The van der Waals surface area contributed by atoms with Crippen molar-refractivity contribution in [3.63, 3.8) is 0 Å². The van der Waals surface area contributed by atoms with Gasteiger partial charge in [-0.15, -0.1) is 0 Å². The quantitative estimate of drug-likeness (QED) is 0.290. The van der Waals surface area contributed by atoms with Crippen LogP contribution in [0, 0.1) is 0 Å².